The Bertz CT molecular complexity index is 334. The number of nitrogens with zero attached hydrogens (tertiary/aromatic N) is 1. The maximum absolute atomic E-state index is 11.1. The average Bonchev–Trinajstić information content (AvgIpc) is 2.17. The summed E-state index contributed by atoms with van der Waals surface area (Å²) in [5.74, 6) is -0.0181. The van der Waals surface area contributed by atoms with Crippen LogP contribution < -0.4 is 0 Å². The van der Waals surface area contributed by atoms with Gasteiger partial charge in [-0.05, 0) is 12.1 Å². The standard InChI is InChI=1S/C8H6INO3/c9-5-8(11)6-1-3-7(4-2-6)10(12)13/h1-4H,5H2. The Hall–Kier alpha value is -0.980. The lowest BCUT2D eigenvalue weighted by Crippen LogP contribution is -1.99. The highest BCUT2D eigenvalue weighted by Gasteiger charge is 2.07. The minimum Gasteiger partial charge on any atom is -0.293 e. The maximum atomic E-state index is 11.1. The molecule has 0 saturated heterocycles. The molecule has 0 heterocycles. The first-order chi connectivity index (χ1) is 6.15. The summed E-state index contributed by atoms with van der Waals surface area (Å²) in [5, 5.41) is 10.3. The van der Waals surface area contributed by atoms with Crippen molar-refractivity contribution in [1.29, 1.82) is 0 Å². The van der Waals surface area contributed by atoms with E-state index in [9.17, 15) is 14.9 Å². The molecule has 5 heteroatoms. The van der Waals surface area contributed by atoms with E-state index in [1.54, 1.807) is 0 Å². The van der Waals surface area contributed by atoms with Gasteiger partial charge in [0.15, 0.2) is 5.78 Å². The molecule has 0 aromatic heterocycles. The molecule has 0 atom stereocenters. The molecular weight excluding hydrogens is 285 g/mol. The van der Waals surface area contributed by atoms with E-state index >= 15 is 0 Å². The Balaban J connectivity index is 2.93. The molecule has 0 aliphatic heterocycles. The summed E-state index contributed by atoms with van der Waals surface area (Å²) in [7, 11) is 0. The Morgan fingerprint density at radius 1 is 1.38 bits per heavy atom. The third kappa shape index (κ3) is 2.48. The number of halogens is 1. The van der Waals surface area contributed by atoms with Gasteiger partial charge in [0, 0.05) is 17.7 Å². The summed E-state index contributed by atoms with van der Waals surface area (Å²) in [4.78, 5) is 20.9. The van der Waals surface area contributed by atoms with Gasteiger partial charge in [-0.15, -0.1) is 0 Å². The van der Waals surface area contributed by atoms with Crippen LogP contribution in [0.1, 0.15) is 10.4 Å². The Morgan fingerprint density at radius 3 is 2.31 bits per heavy atom. The van der Waals surface area contributed by atoms with Gasteiger partial charge in [0.05, 0.1) is 9.35 Å². The number of ketones is 1. The molecule has 1 rings (SSSR count). The van der Waals surface area contributed by atoms with Crippen molar-refractivity contribution >= 4 is 34.1 Å². The minimum atomic E-state index is -0.488. The second kappa shape index (κ2) is 4.31. The van der Waals surface area contributed by atoms with E-state index in [2.05, 4.69) is 0 Å². The van der Waals surface area contributed by atoms with Crippen LogP contribution in [0.25, 0.3) is 0 Å². The van der Waals surface area contributed by atoms with E-state index in [0.717, 1.165) is 0 Å². The van der Waals surface area contributed by atoms with E-state index in [4.69, 9.17) is 0 Å². The number of hydrogen-bond donors (Lipinski definition) is 0. The fourth-order valence-electron chi connectivity index (χ4n) is 0.846. The zero-order chi connectivity index (χ0) is 9.84. The first kappa shape index (κ1) is 10.1. The van der Waals surface area contributed by atoms with Crippen LogP contribution in [0.3, 0.4) is 0 Å². The summed E-state index contributed by atoms with van der Waals surface area (Å²) in [6.45, 7) is 0. The van der Waals surface area contributed by atoms with Gasteiger partial charge in [-0.2, -0.15) is 0 Å². The molecule has 0 aliphatic carbocycles. The van der Waals surface area contributed by atoms with E-state index < -0.39 is 4.92 Å². The number of rotatable bonds is 3. The third-order valence-electron chi connectivity index (χ3n) is 1.52. The predicted molar refractivity (Wildman–Crippen MR) is 56.3 cm³/mol. The van der Waals surface area contributed by atoms with Gasteiger partial charge in [-0.1, -0.05) is 22.6 Å². The molecule has 0 spiro atoms. The lowest BCUT2D eigenvalue weighted by molar-refractivity contribution is -0.384. The van der Waals surface area contributed by atoms with Crippen molar-refractivity contribution in [1.82, 2.24) is 0 Å². The second-order valence-corrected chi connectivity index (χ2v) is 3.12. The monoisotopic (exact) mass is 291 g/mol. The van der Waals surface area contributed by atoms with Gasteiger partial charge in [-0.3, -0.25) is 14.9 Å². The number of nitro benzene ring substituents is 1. The topological polar surface area (TPSA) is 60.2 Å². The van der Waals surface area contributed by atoms with E-state index in [0.29, 0.717) is 9.99 Å². The Labute approximate surface area is 88.2 Å². The van der Waals surface area contributed by atoms with Crippen molar-refractivity contribution in [2.75, 3.05) is 4.43 Å². The highest BCUT2D eigenvalue weighted by molar-refractivity contribution is 14.1. The van der Waals surface area contributed by atoms with E-state index in [1.807, 2.05) is 22.6 Å². The smallest absolute Gasteiger partial charge is 0.269 e. The summed E-state index contributed by atoms with van der Waals surface area (Å²) in [5.41, 5.74) is 0.519. The number of hydrogen-bond acceptors (Lipinski definition) is 3. The number of carbonyl (C=O) groups is 1. The van der Waals surface area contributed by atoms with Gasteiger partial charge in [-0.25, -0.2) is 0 Å². The summed E-state index contributed by atoms with van der Waals surface area (Å²) in [6, 6.07) is 5.61. The average molecular weight is 291 g/mol. The van der Waals surface area contributed by atoms with Crippen LogP contribution in [0.4, 0.5) is 5.69 Å². The van der Waals surface area contributed by atoms with Crippen LogP contribution in [-0.4, -0.2) is 15.1 Å². The third-order valence-corrected chi connectivity index (χ3v) is 2.21. The minimum absolute atomic E-state index is 0.00464. The summed E-state index contributed by atoms with van der Waals surface area (Å²) in [6.07, 6.45) is 0. The molecule has 0 aliphatic rings. The lowest BCUT2D eigenvalue weighted by atomic mass is 10.1. The number of nitro groups is 1. The number of non-ortho nitro benzene ring substituents is 1. The van der Waals surface area contributed by atoms with Gasteiger partial charge < -0.3 is 0 Å². The zero-order valence-corrected chi connectivity index (χ0v) is 8.72. The highest BCUT2D eigenvalue weighted by Crippen LogP contribution is 2.12. The summed E-state index contributed by atoms with van der Waals surface area (Å²) >= 11 is 1.96. The van der Waals surface area contributed by atoms with Crippen molar-refractivity contribution in [3.05, 3.63) is 39.9 Å². The normalized spacial score (nSPS) is 9.62. The van der Waals surface area contributed by atoms with Crippen molar-refractivity contribution in [2.45, 2.75) is 0 Å². The molecule has 1 aromatic rings. The molecule has 0 radical (unpaired) electrons. The SMILES string of the molecule is O=C(CI)c1ccc([N+](=O)[O-])cc1. The first-order valence-corrected chi connectivity index (χ1v) is 5.01. The van der Waals surface area contributed by atoms with Crippen molar-refractivity contribution < 1.29 is 9.72 Å². The fraction of sp³-hybridized carbons (Fsp3) is 0.125. The van der Waals surface area contributed by atoms with Crippen LogP contribution in [-0.2, 0) is 0 Å². The maximum Gasteiger partial charge on any atom is 0.269 e. The Kier molecular flexibility index (Phi) is 3.35. The number of carbonyl (C=O) groups excluding carboxylic acids is 1. The molecule has 0 amide bonds. The summed E-state index contributed by atoms with van der Waals surface area (Å²) < 4.78 is 0.384. The van der Waals surface area contributed by atoms with E-state index in [1.165, 1.54) is 24.3 Å². The lowest BCUT2D eigenvalue weighted by Gasteiger charge is -1.95. The van der Waals surface area contributed by atoms with Crippen molar-refractivity contribution in [3.8, 4) is 0 Å². The molecule has 1 aromatic carbocycles. The molecule has 0 bridgehead atoms. The number of alkyl halides is 1. The molecule has 0 N–H and O–H groups in total. The van der Waals surface area contributed by atoms with Crippen LogP contribution in [0.5, 0.6) is 0 Å². The molecule has 0 fully saturated rings. The molecular formula is C8H6INO3. The van der Waals surface area contributed by atoms with Gasteiger partial charge in [0.25, 0.3) is 5.69 Å². The molecule has 0 unspecified atom stereocenters. The van der Waals surface area contributed by atoms with Gasteiger partial charge in [0.2, 0.25) is 0 Å². The van der Waals surface area contributed by atoms with Crippen molar-refractivity contribution in [3.63, 3.8) is 0 Å². The van der Waals surface area contributed by atoms with Gasteiger partial charge in [0.1, 0.15) is 0 Å². The largest absolute Gasteiger partial charge is 0.293 e. The fourth-order valence-corrected chi connectivity index (χ4v) is 1.29. The molecule has 68 valence electrons. The Morgan fingerprint density at radius 2 is 1.92 bits per heavy atom. The second-order valence-electron chi connectivity index (χ2n) is 2.36. The number of Topliss-reactive ketones (excluding diaryl/α,β-unsaturated/α-hetero) is 1. The van der Waals surface area contributed by atoms with E-state index in [-0.39, 0.29) is 11.5 Å². The molecule has 13 heavy (non-hydrogen) atoms. The van der Waals surface area contributed by atoms with Gasteiger partial charge >= 0.3 is 0 Å². The highest BCUT2D eigenvalue weighted by atomic mass is 127. The van der Waals surface area contributed by atoms with Crippen LogP contribution >= 0.6 is 22.6 Å². The molecule has 4 nitrogen and oxygen atoms in total. The van der Waals surface area contributed by atoms with Crippen LogP contribution in [0.15, 0.2) is 24.3 Å². The molecule has 0 saturated carbocycles. The van der Waals surface area contributed by atoms with Crippen LogP contribution in [0.2, 0.25) is 0 Å². The number of benzene rings is 1. The quantitative estimate of drug-likeness (QED) is 0.282. The van der Waals surface area contributed by atoms with Crippen molar-refractivity contribution in [2.24, 2.45) is 0 Å². The van der Waals surface area contributed by atoms with Crippen LogP contribution in [0, 0.1) is 10.1 Å². The predicted octanol–water partition coefficient (Wildman–Crippen LogP) is 2.21. The first-order valence-electron chi connectivity index (χ1n) is 3.49. The zero-order valence-electron chi connectivity index (χ0n) is 6.57.